The van der Waals surface area contributed by atoms with Gasteiger partial charge in [0.15, 0.2) is 11.5 Å². The third kappa shape index (κ3) is 6.09. The average Bonchev–Trinajstić information content (AvgIpc) is 3.39. The number of ether oxygens (including phenoxy) is 3. The molecule has 0 radical (unpaired) electrons. The number of nitrogens with zero attached hydrogens (tertiary/aromatic N) is 3. The van der Waals surface area contributed by atoms with Crippen LogP contribution in [-0.4, -0.2) is 59.4 Å². The highest BCUT2D eigenvalue weighted by Crippen LogP contribution is 2.32. The third-order valence-corrected chi connectivity index (χ3v) is 6.06. The summed E-state index contributed by atoms with van der Waals surface area (Å²) >= 11 is 0. The van der Waals surface area contributed by atoms with Crippen LogP contribution in [-0.2, 0) is 11.3 Å². The van der Waals surface area contributed by atoms with Crippen LogP contribution in [0.4, 0.5) is 11.6 Å². The summed E-state index contributed by atoms with van der Waals surface area (Å²) < 4.78 is 17.8. The van der Waals surface area contributed by atoms with E-state index in [1.165, 1.54) is 12.8 Å². The minimum absolute atomic E-state index is 0.0806. The predicted octanol–water partition coefficient (Wildman–Crippen LogP) is 4.53. The van der Waals surface area contributed by atoms with Gasteiger partial charge in [-0.3, -0.25) is 4.90 Å². The maximum atomic E-state index is 10.2. The van der Waals surface area contributed by atoms with Crippen LogP contribution in [0.15, 0.2) is 60.8 Å². The highest BCUT2D eigenvalue weighted by Gasteiger charge is 2.13. The van der Waals surface area contributed by atoms with Crippen molar-refractivity contribution in [2.45, 2.75) is 19.4 Å². The second kappa shape index (κ2) is 11.2. The monoisotopic (exact) mass is 474 g/mol. The molecular formula is C27H30N4O4. The number of nitrogens with one attached hydrogen (secondary N) is 1. The Labute approximate surface area is 205 Å². The van der Waals surface area contributed by atoms with Crippen molar-refractivity contribution in [3.8, 4) is 28.5 Å². The zero-order chi connectivity index (χ0) is 23.9. The van der Waals surface area contributed by atoms with Crippen molar-refractivity contribution < 1.29 is 19.3 Å². The summed E-state index contributed by atoms with van der Waals surface area (Å²) in [6.07, 6.45) is 8.03. The molecule has 0 spiro atoms. The third-order valence-electron chi connectivity index (χ3n) is 6.06. The average molecular weight is 475 g/mol. The molecular weight excluding hydrogens is 444 g/mol. The highest BCUT2D eigenvalue weighted by molar-refractivity contribution is 5.66. The molecule has 1 fully saturated rings. The Hall–Kier alpha value is -3.62. The molecule has 8 nitrogen and oxygen atoms in total. The Bertz CT molecular complexity index is 1180. The van der Waals surface area contributed by atoms with Gasteiger partial charge in [0.2, 0.25) is 5.95 Å². The van der Waals surface area contributed by atoms with Gasteiger partial charge in [0, 0.05) is 29.6 Å². The fraction of sp³-hybridized carbons (Fsp3) is 0.333. The van der Waals surface area contributed by atoms with Gasteiger partial charge in [0.05, 0.1) is 18.9 Å². The summed E-state index contributed by atoms with van der Waals surface area (Å²) in [6.45, 7) is 5.04. The molecule has 2 aromatic carbocycles. The van der Waals surface area contributed by atoms with Crippen molar-refractivity contribution >= 4 is 11.6 Å². The largest absolute Gasteiger partial charge is 0.504 e. The molecule has 1 saturated heterocycles. The maximum Gasteiger partial charge on any atom is 0.227 e. The molecule has 3 heterocycles. The summed E-state index contributed by atoms with van der Waals surface area (Å²) in [7, 11) is 0. The standard InChI is InChI=1S/C27H30N4O4/c32-24-7-5-20-18-26(24)34-15-4-3-14-33-19-21-17-22(29-27-28-10-9-23(20)30-27)6-8-25(21)35-16-13-31-11-1-2-12-31/h3-10,17-18,32H,1-2,11-16,19H2,(H,28,29,30)/b4-3-. The van der Waals surface area contributed by atoms with Crippen LogP contribution in [0.3, 0.4) is 0 Å². The molecule has 8 heteroatoms. The Morgan fingerprint density at radius 2 is 1.91 bits per heavy atom. The lowest BCUT2D eigenvalue weighted by molar-refractivity contribution is 0.144. The number of likely N-dealkylation sites (tertiary alicyclic amines) is 1. The van der Waals surface area contributed by atoms with Crippen LogP contribution in [0.25, 0.3) is 11.3 Å². The summed E-state index contributed by atoms with van der Waals surface area (Å²) in [6, 6.07) is 13.0. The van der Waals surface area contributed by atoms with E-state index in [0.717, 1.165) is 47.9 Å². The molecule has 182 valence electrons. The van der Waals surface area contributed by atoms with Crippen LogP contribution in [0.5, 0.6) is 17.2 Å². The first-order valence-electron chi connectivity index (χ1n) is 12.0. The van der Waals surface area contributed by atoms with Crippen molar-refractivity contribution in [2.24, 2.45) is 0 Å². The van der Waals surface area contributed by atoms with Crippen LogP contribution in [0.2, 0.25) is 0 Å². The summed E-state index contributed by atoms with van der Waals surface area (Å²) in [5, 5.41) is 13.5. The van der Waals surface area contributed by atoms with E-state index in [9.17, 15) is 5.11 Å². The number of hydrogen-bond donors (Lipinski definition) is 2. The number of aromatic nitrogens is 2. The van der Waals surface area contributed by atoms with Crippen molar-refractivity contribution in [1.29, 1.82) is 0 Å². The summed E-state index contributed by atoms with van der Waals surface area (Å²) in [5.74, 6) is 1.77. The smallest absolute Gasteiger partial charge is 0.227 e. The zero-order valence-corrected chi connectivity index (χ0v) is 19.7. The maximum absolute atomic E-state index is 10.2. The number of hydrogen-bond acceptors (Lipinski definition) is 8. The molecule has 35 heavy (non-hydrogen) atoms. The molecule has 2 N–H and O–H groups in total. The van der Waals surface area contributed by atoms with E-state index in [-0.39, 0.29) is 5.75 Å². The van der Waals surface area contributed by atoms with Crippen LogP contribution >= 0.6 is 0 Å². The Morgan fingerprint density at radius 1 is 1.03 bits per heavy atom. The fourth-order valence-corrected chi connectivity index (χ4v) is 4.21. The van der Waals surface area contributed by atoms with Gasteiger partial charge in [-0.05, 0) is 74.5 Å². The number of benzene rings is 2. The van der Waals surface area contributed by atoms with E-state index >= 15 is 0 Å². The lowest BCUT2D eigenvalue weighted by atomic mass is 10.1. The first-order chi connectivity index (χ1) is 17.2. The number of phenolic OH excluding ortho intramolecular Hbond substituents is 1. The second-order valence-corrected chi connectivity index (χ2v) is 8.59. The van der Waals surface area contributed by atoms with Gasteiger partial charge in [0.1, 0.15) is 19.0 Å². The van der Waals surface area contributed by atoms with E-state index < -0.39 is 0 Å². The lowest BCUT2D eigenvalue weighted by Gasteiger charge is -2.17. The quantitative estimate of drug-likeness (QED) is 0.533. The fourth-order valence-electron chi connectivity index (χ4n) is 4.21. The molecule has 2 aliphatic rings. The molecule has 0 atom stereocenters. The number of anilines is 2. The zero-order valence-electron chi connectivity index (χ0n) is 19.7. The molecule has 0 aliphatic carbocycles. The molecule has 3 aromatic rings. The Balaban J connectivity index is 1.39. The van der Waals surface area contributed by atoms with Crippen molar-refractivity contribution in [2.75, 3.05) is 44.8 Å². The summed E-state index contributed by atoms with van der Waals surface area (Å²) in [5.41, 5.74) is 3.35. The summed E-state index contributed by atoms with van der Waals surface area (Å²) in [4.78, 5) is 11.5. The van der Waals surface area contributed by atoms with Crippen molar-refractivity contribution in [1.82, 2.24) is 14.9 Å². The molecule has 0 unspecified atom stereocenters. The van der Waals surface area contributed by atoms with Gasteiger partial charge in [0.25, 0.3) is 0 Å². The van der Waals surface area contributed by atoms with E-state index in [0.29, 0.717) is 38.1 Å². The highest BCUT2D eigenvalue weighted by atomic mass is 16.5. The SMILES string of the molecule is Oc1ccc2cc1OC/C=C\COCc1cc(ccc1OCCN1CCCC1)Nc1nccc-2n1. The molecule has 6 bridgehead atoms. The van der Waals surface area contributed by atoms with Gasteiger partial charge < -0.3 is 24.6 Å². The van der Waals surface area contributed by atoms with E-state index in [1.54, 1.807) is 24.4 Å². The van der Waals surface area contributed by atoms with Crippen molar-refractivity contribution in [3.63, 3.8) is 0 Å². The normalized spacial score (nSPS) is 17.1. The van der Waals surface area contributed by atoms with Crippen LogP contribution in [0.1, 0.15) is 18.4 Å². The van der Waals surface area contributed by atoms with E-state index in [4.69, 9.17) is 14.2 Å². The molecule has 2 aliphatic heterocycles. The first kappa shape index (κ1) is 23.1. The van der Waals surface area contributed by atoms with Gasteiger partial charge in [-0.1, -0.05) is 6.08 Å². The lowest BCUT2D eigenvalue weighted by Crippen LogP contribution is -2.25. The van der Waals surface area contributed by atoms with Crippen molar-refractivity contribution in [3.05, 3.63) is 66.4 Å². The van der Waals surface area contributed by atoms with Gasteiger partial charge >= 0.3 is 0 Å². The predicted molar refractivity (Wildman–Crippen MR) is 134 cm³/mol. The number of rotatable bonds is 4. The number of phenols is 1. The van der Waals surface area contributed by atoms with E-state index in [1.807, 2.05) is 36.4 Å². The molecule has 0 saturated carbocycles. The van der Waals surface area contributed by atoms with Gasteiger partial charge in [-0.25, -0.2) is 9.97 Å². The van der Waals surface area contributed by atoms with Gasteiger partial charge in [-0.15, -0.1) is 0 Å². The first-order valence-corrected chi connectivity index (χ1v) is 12.0. The Morgan fingerprint density at radius 3 is 2.83 bits per heavy atom. The van der Waals surface area contributed by atoms with E-state index in [2.05, 4.69) is 20.2 Å². The molecule has 1 aromatic heterocycles. The van der Waals surface area contributed by atoms with Crippen LogP contribution < -0.4 is 14.8 Å². The molecule has 5 rings (SSSR count). The second-order valence-electron chi connectivity index (χ2n) is 8.59. The van der Waals surface area contributed by atoms with Crippen LogP contribution in [0, 0.1) is 0 Å². The van der Waals surface area contributed by atoms with Gasteiger partial charge in [-0.2, -0.15) is 0 Å². The minimum atomic E-state index is 0.0806. The topological polar surface area (TPSA) is 89.0 Å². The Kier molecular flexibility index (Phi) is 7.41. The number of fused-ring (bicyclic) bond motifs is 7. The molecule has 0 amide bonds. The number of aromatic hydroxyl groups is 1. The minimum Gasteiger partial charge on any atom is -0.504 e.